The van der Waals surface area contributed by atoms with E-state index in [1.807, 2.05) is 0 Å². The van der Waals surface area contributed by atoms with Crippen LogP contribution in [0.15, 0.2) is 24.3 Å². The van der Waals surface area contributed by atoms with E-state index in [9.17, 15) is 13.2 Å². The lowest BCUT2D eigenvalue weighted by Gasteiger charge is -2.16. The second kappa shape index (κ2) is 4.53. The SMILES string of the molecule is CC(OCc1ccc(N)cc1)C(F)(F)F. The molecule has 1 atom stereocenters. The maximum Gasteiger partial charge on any atom is 0.414 e. The number of nitrogens with two attached hydrogens (primary N) is 1. The van der Waals surface area contributed by atoms with Gasteiger partial charge >= 0.3 is 6.18 Å². The van der Waals surface area contributed by atoms with E-state index in [0.29, 0.717) is 11.3 Å². The zero-order valence-electron chi connectivity index (χ0n) is 8.21. The van der Waals surface area contributed by atoms with Crippen molar-refractivity contribution in [1.82, 2.24) is 0 Å². The van der Waals surface area contributed by atoms with Gasteiger partial charge in [0.1, 0.15) is 0 Å². The summed E-state index contributed by atoms with van der Waals surface area (Å²) in [5.41, 5.74) is 6.67. The quantitative estimate of drug-likeness (QED) is 0.793. The molecule has 0 aromatic heterocycles. The summed E-state index contributed by atoms with van der Waals surface area (Å²) in [6, 6.07) is 6.52. The molecule has 0 bridgehead atoms. The molecule has 0 radical (unpaired) electrons. The van der Waals surface area contributed by atoms with Gasteiger partial charge in [0, 0.05) is 5.69 Å². The zero-order chi connectivity index (χ0) is 11.5. The molecule has 2 N–H and O–H groups in total. The maximum absolute atomic E-state index is 12.1. The lowest BCUT2D eigenvalue weighted by molar-refractivity contribution is -0.217. The van der Waals surface area contributed by atoms with Gasteiger partial charge in [0.2, 0.25) is 0 Å². The first-order chi connectivity index (χ1) is 6.89. The Morgan fingerprint density at radius 3 is 2.27 bits per heavy atom. The van der Waals surface area contributed by atoms with Crippen molar-refractivity contribution < 1.29 is 17.9 Å². The molecule has 1 unspecified atom stereocenters. The number of rotatable bonds is 3. The smallest absolute Gasteiger partial charge is 0.399 e. The van der Waals surface area contributed by atoms with Gasteiger partial charge in [-0.15, -0.1) is 0 Å². The van der Waals surface area contributed by atoms with Crippen LogP contribution in [0, 0.1) is 0 Å². The molecule has 0 aliphatic heterocycles. The number of anilines is 1. The monoisotopic (exact) mass is 219 g/mol. The highest BCUT2D eigenvalue weighted by atomic mass is 19.4. The molecular formula is C10H12F3NO. The Bertz CT molecular complexity index is 307. The Morgan fingerprint density at radius 1 is 1.27 bits per heavy atom. The molecule has 1 rings (SSSR count). The van der Waals surface area contributed by atoms with E-state index in [4.69, 9.17) is 5.73 Å². The van der Waals surface area contributed by atoms with Crippen molar-refractivity contribution in [2.45, 2.75) is 25.8 Å². The number of halogens is 3. The van der Waals surface area contributed by atoms with E-state index < -0.39 is 12.3 Å². The maximum atomic E-state index is 12.1. The Labute approximate surface area is 85.8 Å². The van der Waals surface area contributed by atoms with Crippen LogP contribution in [-0.2, 0) is 11.3 Å². The summed E-state index contributed by atoms with van der Waals surface area (Å²) in [4.78, 5) is 0. The van der Waals surface area contributed by atoms with E-state index in [0.717, 1.165) is 6.92 Å². The molecule has 0 fully saturated rings. The Kier molecular flexibility index (Phi) is 3.57. The summed E-state index contributed by atoms with van der Waals surface area (Å²) in [5.74, 6) is 0. The Morgan fingerprint density at radius 2 is 1.80 bits per heavy atom. The average molecular weight is 219 g/mol. The van der Waals surface area contributed by atoms with Gasteiger partial charge in [-0.25, -0.2) is 0 Å². The van der Waals surface area contributed by atoms with Gasteiger partial charge in [0.25, 0.3) is 0 Å². The van der Waals surface area contributed by atoms with Crippen LogP contribution >= 0.6 is 0 Å². The molecule has 1 aromatic rings. The minimum Gasteiger partial charge on any atom is -0.399 e. The first kappa shape index (κ1) is 11.8. The van der Waals surface area contributed by atoms with Gasteiger partial charge in [-0.2, -0.15) is 13.2 Å². The number of hydrogen-bond acceptors (Lipinski definition) is 2. The summed E-state index contributed by atoms with van der Waals surface area (Å²) in [6.07, 6.45) is -6.07. The number of hydrogen-bond donors (Lipinski definition) is 1. The number of nitrogen functional groups attached to an aromatic ring is 1. The molecule has 0 heterocycles. The van der Waals surface area contributed by atoms with Gasteiger partial charge in [-0.1, -0.05) is 12.1 Å². The predicted octanol–water partition coefficient (Wildman–Crippen LogP) is 2.74. The highest BCUT2D eigenvalue weighted by Crippen LogP contribution is 2.23. The standard InChI is InChI=1S/C10H12F3NO/c1-7(10(11,12)13)15-6-8-2-4-9(14)5-3-8/h2-5,7H,6,14H2,1H3. The van der Waals surface area contributed by atoms with Crippen molar-refractivity contribution in [2.75, 3.05) is 5.73 Å². The number of ether oxygens (including phenoxy) is 1. The van der Waals surface area contributed by atoms with Crippen molar-refractivity contribution in [3.05, 3.63) is 29.8 Å². The summed E-state index contributed by atoms with van der Waals surface area (Å²) in [6.45, 7) is 0.915. The van der Waals surface area contributed by atoms with Crippen molar-refractivity contribution in [2.24, 2.45) is 0 Å². The first-order valence-corrected chi connectivity index (χ1v) is 4.42. The molecule has 0 saturated carbocycles. The molecule has 5 heteroatoms. The largest absolute Gasteiger partial charge is 0.414 e. The van der Waals surface area contributed by atoms with E-state index in [1.54, 1.807) is 24.3 Å². The van der Waals surface area contributed by atoms with Gasteiger partial charge in [-0.3, -0.25) is 0 Å². The minimum absolute atomic E-state index is 0.0685. The molecule has 0 amide bonds. The highest BCUT2D eigenvalue weighted by molar-refractivity contribution is 5.39. The van der Waals surface area contributed by atoms with Crippen LogP contribution in [0.1, 0.15) is 12.5 Å². The molecule has 84 valence electrons. The van der Waals surface area contributed by atoms with E-state index >= 15 is 0 Å². The van der Waals surface area contributed by atoms with Crippen LogP contribution in [0.2, 0.25) is 0 Å². The fourth-order valence-electron chi connectivity index (χ4n) is 0.930. The second-order valence-corrected chi connectivity index (χ2v) is 3.24. The lowest BCUT2D eigenvalue weighted by Crippen LogP contribution is -2.28. The molecular weight excluding hydrogens is 207 g/mol. The molecule has 0 aliphatic carbocycles. The minimum atomic E-state index is -4.31. The summed E-state index contributed by atoms with van der Waals surface area (Å²) in [7, 11) is 0. The predicted molar refractivity (Wildman–Crippen MR) is 51.2 cm³/mol. The van der Waals surface area contributed by atoms with Gasteiger partial charge in [0.05, 0.1) is 6.61 Å². The van der Waals surface area contributed by atoms with Gasteiger partial charge < -0.3 is 10.5 Å². The normalized spacial score (nSPS) is 13.9. The van der Waals surface area contributed by atoms with E-state index in [2.05, 4.69) is 4.74 Å². The van der Waals surface area contributed by atoms with Crippen molar-refractivity contribution in [3.8, 4) is 0 Å². The third kappa shape index (κ3) is 3.79. The van der Waals surface area contributed by atoms with Crippen molar-refractivity contribution >= 4 is 5.69 Å². The van der Waals surface area contributed by atoms with Crippen LogP contribution in [0.3, 0.4) is 0 Å². The van der Waals surface area contributed by atoms with Crippen LogP contribution in [0.25, 0.3) is 0 Å². The fourth-order valence-corrected chi connectivity index (χ4v) is 0.930. The molecule has 0 spiro atoms. The Balaban J connectivity index is 2.47. The molecule has 1 aromatic carbocycles. The third-order valence-electron chi connectivity index (χ3n) is 1.94. The second-order valence-electron chi connectivity index (χ2n) is 3.24. The highest BCUT2D eigenvalue weighted by Gasteiger charge is 2.36. The zero-order valence-corrected chi connectivity index (χ0v) is 8.21. The lowest BCUT2D eigenvalue weighted by atomic mass is 10.2. The van der Waals surface area contributed by atoms with Gasteiger partial charge in [-0.05, 0) is 24.6 Å². The van der Waals surface area contributed by atoms with Crippen molar-refractivity contribution in [3.63, 3.8) is 0 Å². The number of alkyl halides is 3. The Hall–Kier alpha value is -1.23. The molecule has 0 aliphatic rings. The fraction of sp³-hybridized carbons (Fsp3) is 0.400. The van der Waals surface area contributed by atoms with E-state index in [1.165, 1.54) is 0 Å². The average Bonchev–Trinajstić information content (AvgIpc) is 2.15. The van der Waals surface area contributed by atoms with Gasteiger partial charge in [0.15, 0.2) is 6.10 Å². The summed E-state index contributed by atoms with van der Waals surface area (Å²) >= 11 is 0. The summed E-state index contributed by atoms with van der Waals surface area (Å²) < 4.78 is 40.9. The third-order valence-corrected chi connectivity index (χ3v) is 1.94. The molecule has 15 heavy (non-hydrogen) atoms. The number of benzene rings is 1. The molecule has 0 saturated heterocycles. The van der Waals surface area contributed by atoms with E-state index in [-0.39, 0.29) is 6.61 Å². The first-order valence-electron chi connectivity index (χ1n) is 4.42. The van der Waals surface area contributed by atoms with Crippen LogP contribution in [-0.4, -0.2) is 12.3 Å². The topological polar surface area (TPSA) is 35.2 Å². The van der Waals surface area contributed by atoms with Crippen LogP contribution in [0.5, 0.6) is 0 Å². The van der Waals surface area contributed by atoms with Crippen LogP contribution in [0.4, 0.5) is 18.9 Å². The van der Waals surface area contributed by atoms with Crippen LogP contribution < -0.4 is 5.73 Å². The summed E-state index contributed by atoms with van der Waals surface area (Å²) in [5, 5.41) is 0. The molecule has 2 nitrogen and oxygen atoms in total. The van der Waals surface area contributed by atoms with Crippen molar-refractivity contribution in [1.29, 1.82) is 0 Å².